The average Bonchev–Trinajstić information content (AvgIpc) is 1.41. The Labute approximate surface area is 34.9 Å². The monoisotopic (exact) mass is 91.0 g/mol. The van der Waals surface area contributed by atoms with Gasteiger partial charge in [-0.15, -0.1) is 0 Å². The molecule has 0 radical (unpaired) electrons. The van der Waals surface area contributed by atoms with E-state index in [1.807, 2.05) is 0 Å². The predicted octanol–water partition coefficient (Wildman–Crippen LogP) is 0.623. The van der Waals surface area contributed by atoms with E-state index in [0.29, 0.717) is 12.0 Å². The molecule has 0 saturated carbocycles. The van der Waals surface area contributed by atoms with Crippen LogP contribution in [0.15, 0.2) is 11.6 Å². The van der Waals surface area contributed by atoms with Crippen LogP contribution in [0.2, 0.25) is 0 Å². The normalized spacial score (nSPS) is 9.80. The van der Waals surface area contributed by atoms with Crippen LogP contribution >= 0.6 is 12.0 Å². The van der Waals surface area contributed by atoms with Crippen molar-refractivity contribution in [3.05, 3.63) is 11.6 Å². The second-order valence-corrected chi connectivity index (χ2v) is 0.917. The Kier molecular flexibility index (Phi) is 3.73. The minimum absolute atomic E-state index is 0.596. The molecule has 0 amide bonds. The summed E-state index contributed by atoms with van der Waals surface area (Å²) in [6, 6.07) is 0. The molecule has 0 unspecified atom stereocenters. The molecule has 0 saturated heterocycles. The summed E-state index contributed by atoms with van der Waals surface area (Å²) < 4.78 is 7.82. The molecular formula is C2H5NOS. The molecule has 2 nitrogen and oxygen atoms in total. The Morgan fingerprint density at radius 3 is 2.40 bits per heavy atom. The summed E-state index contributed by atoms with van der Waals surface area (Å²) in [5, 5.41) is 1.38. The Bertz CT molecular complexity index is 36.6. The molecule has 0 aromatic heterocycles. The van der Waals surface area contributed by atoms with Gasteiger partial charge in [-0.3, -0.25) is 0 Å². The highest BCUT2D eigenvalue weighted by Crippen LogP contribution is 1.86. The first-order valence-electron chi connectivity index (χ1n) is 1.08. The number of rotatable bonds is 1. The van der Waals surface area contributed by atoms with Crippen molar-refractivity contribution < 1.29 is 4.55 Å². The third kappa shape index (κ3) is 3.85. The SMILES string of the molecule is N/C=C/SO. The van der Waals surface area contributed by atoms with Crippen LogP contribution in [0.3, 0.4) is 0 Å². The van der Waals surface area contributed by atoms with E-state index in [-0.39, 0.29) is 0 Å². The highest BCUT2D eigenvalue weighted by atomic mass is 32.2. The molecule has 0 aromatic carbocycles. The Hall–Kier alpha value is -0.150. The molecule has 0 heterocycles. The quantitative estimate of drug-likeness (QED) is 0.465. The Morgan fingerprint density at radius 2 is 2.40 bits per heavy atom. The van der Waals surface area contributed by atoms with E-state index in [9.17, 15) is 0 Å². The zero-order chi connectivity index (χ0) is 4.12. The van der Waals surface area contributed by atoms with Gasteiger partial charge in [0.15, 0.2) is 0 Å². The lowest BCUT2D eigenvalue weighted by molar-refractivity contribution is 0.671. The van der Waals surface area contributed by atoms with Crippen molar-refractivity contribution in [1.82, 2.24) is 0 Å². The summed E-state index contributed by atoms with van der Waals surface area (Å²) in [6.07, 6.45) is 1.27. The van der Waals surface area contributed by atoms with Gasteiger partial charge in [0.05, 0.1) is 0 Å². The molecule has 0 fully saturated rings. The van der Waals surface area contributed by atoms with Crippen molar-refractivity contribution in [2.45, 2.75) is 0 Å². The predicted molar refractivity (Wildman–Crippen MR) is 23.5 cm³/mol. The molecular weight excluding hydrogens is 86.1 g/mol. The lowest BCUT2D eigenvalue weighted by Crippen LogP contribution is -1.70. The maximum Gasteiger partial charge on any atom is 0.0178 e. The standard InChI is InChI=1S/C2H5NOS/c3-1-2-5-4/h1-2,4H,3H2/b2-1+. The first-order valence-corrected chi connectivity index (χ1v) is 1.92. The van der Waals surface area contributed by atoms with Crippen molar-refractivity contribution in [2.75, 3.05) is 0 Å². The molecule has 0 aliphatic heterocycles. The van der Waals surface area contributed by atoms with Crippen LogP contribution in [-0.2, 0) is 0 Å². The molecule has 5 heavy (non-hydrogen) atoms. The minimum atomic E-state index is 0.596. The average molecular weight is 91.1 g/mol. The number of nitrogens with two attached hydrogens (primary N) is 1. The van der Waals surface area contributed by atoms with Crippen LogP contribution in [0.4, 0.5) is 0 Å². The summed E-state index contributed by atoms with van der Waals surface area (Å²) in [4.78, 5) is 0. The minimum Gasteiger partial charge on any atom is -0.404 e. The summed E-state index contributed by atoms with van der Waals surface area (Å²) >= 11 is 0.596. The summed E-state index contributed by atoms with van der Waals surface area (Å²) in [5.74, 6) is 0. The van der Waals surface area contributed by atoms with E-state index in [1.165, 1.54) is 11.6 Å². The first-order chi connectivity index (χ1) is 2.41. The smallest absolute Gasteiger partial charge is 0.0178 e. The van der Waals surface area contributed by atoms with Crippen molar-refractivity contribution in [1.29, 1.82) is 0 Å². The van der Waals surface area contributed by atoms with Crippen molar-refractivity contribution in [3.63, 3.8) is 0 Å². The van der Waals surface area contributed by atoms with E-state index >= 15 is 0 Å². The summed E-state index contributed by atoms with van der Waals surface area (Å²) in [5.41, 5.74) is 4.78. The van der Waals surface area contributed by atoms with Crippen LogP contribution in [0.1, 0.15) is 0 Å². The molecule has 0 rings (SSSR count). The molecule has 30 valence electrons. The third-order valence-corrected chi connectivity index (χ3v) is 0.418. The van der Waals surface area contributed by atoms with Gasteiger partial charge in [0.25, 0.3) is 0 Å². The molecule has 0 aliphatic carbocycles. The second kappa shape index (κ2) is 3.85. The molecule has 3 heteroatoms. The van der Waals surface area contributed by atoms with Crippen LogP contribution in [0.25, 0.3) is 0 Å². The van der Waals surface area contributed by atoms with Gasteiger partial charge < -0.3 is 10.3 Å². The van der Waals surface area contributed by atoms with Crippen LogP contribution < -0.4 is 5.73 Å². The van der Waals surface area contributed by atoms with Crippen LogP contribution in [-0.4, -0.2) is 4.55 Å². The number of hydrogen-bond acceptors (Lipinski definition) is 3. The van der Waals surface area contributed by atoms with Gasteiger partial charge in [0.1, 0.15) is 0 Å². The van der Waals surface area contributed by atoms with E-state index in [1.54, 1.807) is 0 Å². The molecule has 0 atom stereocenters. The summed E-state index contributed by atoms with van der Waals surface area (Å²) in [7, 11) is 0. The Morgan fingerprint density at radius 1 is 1.80 bits per heavy atom. The highest BCUT2D eigenvalue weighted by molar-refractivity contribution is 7.96. The Balaban J connectivity index is 2.62. The lowest BCUT2D eigenvalue weighted by atomic mass is 11.1. The molecule has 0 aliphatic rings. The van der Waals surface area contributed by atoms with E-state index < -0.39 is 0 Å². The third-order valence-electron chi connectivity index (χ3n) is 0.139. The zero-order valence-electron chi connectivity index (χ0n) is 2.59. The fourth-order valence-corrected chi connectivity index (χ4v) is 0.105. The van der Waals surface area contributed by atoms with E-state index in [4.69, 9.17) is 10.3 Å². The van der Waals surface area contributed by atoms with Gasteiger partial charge in [0, 0.05) is 23.7 Å². The highest BCUT2D eigenvalue weighted by Gasteiger charge is 1.53. The van der Waals surface area contributed by atoms with Crippen LogP contribution in [0.5, 0.6) is 0 Å². The lowest BCUT2D eigenvalue weighted by Gasteiger charge is -1.65. The van der Waals surface area contributed by atoms with Gasteiger partial charge in [-0.2, -0.15) is 0 Å². The van der Waals surface area contributed by atoms with Crippen molar-refractivity contribution >= 4 is 12.0 Å². The maximum atomic E-state index is 7.82. The molecule has 3 N–H and O–H groups in total. The van der Waals surface area contributed by atoms with Crippen molar-refractivity contribution in [2.24, 2.45) is 5.73 Å². The second-order valence-electron chi connectivity index (χ2n) is 0.434. The van der Waals surface area contributed by atoms with Crippen LogP contribution in [0, 0.1) is 0 Å². The van der Waals surface area contributed by atoms with Gasteiger partial charge in [-0.25, -0.2) is 0 Å². The molecule has 0 aromatic rings. The largest absolute Gasteiger partial charge is 0.404 e. The van der Waals surface area contributed by atoms with E-state index in [2.05, 4.69) is 0 Å². The van der Waals surface area contributed by atoms with Crippen molar-refractivity contribution in [3.8, 4) is 0 Å². The van der Waals surface area contributed by atoms with Gasteiger partial charge in [0.2, 0.25) is 0 Å². The number of hydrogen-bond donors (Lipinski definition) is 2. The molecule has 0 bridgehead atoms. The van der Waals surface area contributed by atoms with Gasteiger partial charge >= 0.3 is 0 Å². The first kappa shape index (κ1) is 4.85. The topological polar surface area (TPSA) is 46.2 Å². The van der Waals surface area contributed by atoms with Gasteiger partial charge in [-0.05, 0) is 0 Å². The fourth-order valence-electron chi connectivity index (χ4n) is 0.0351. The molecule has 0 spiro atoms. The zero-order valence-corrected chi connectivity index (χ0v) is 3.40. The van der Waals surface area contributed by atoms with E-state index in [0.717, 1.165) is 0 Å². The fraction of sp³-hybridized carbons (Fsp3) is 0. The summed E-state index contributed by atoms with van der Waals surface area (Å²) in [6.45, 7) is 0. The maximum absolute atomic E-state index is 7.82. The van der Waals surface area contributed by atoms with Gasteiger partial charge in [-0.1, -0.05) is 0 Å².